The topological polar surface area (TPSA) is 35.6 Å². The lowest BCUT2D eigenvalue weighted by molar-refractivity contribution is -0.132. The van der Waals surface area contributed by atoms with Crippen LogP contribution < -0.4 is 5.32 Å². The number of nitrogens with zero attached hydrogens (tertiary/aromatic N) is 2. The number of rotatable bonds is 6. The molecular formula is C20H23Cl2N3O. The molecule has 2 aromatic rings. The Kier molecular flexibility index (Phi) is 6.78. The van der Waals surface area contributed by atoms with E-state index in [1.807, 2.05) is 23.1 Å². The van der Waals surface area contributed by atoms with Crippen molar-refractivity contribution in [2.45, 2.75) is 13.0 Å². The summed E-state index contributed by atoms with van der Waals surface area (Å²) in [4.78, 5) is 16.8. The summed E-state index contributed by atoms with van der Waals surface area (Å²) < 4.78 is 0. The standard InChI is InChI=1S/C20H23Cl2N3O/c21-17-7-4-8-18(20(17)22)23-10-9-19(26)25-13-11-24(12-14-25)15-16-5-2-1-3-6-16/h1-8,23H,9-15H2. The summed E-state index contributed by atoms with van der Waals surface area (Å²) in [6, 6.07) is 15.9. The molecule has 0 radical (unpaired) electrons. The van der Waals surface area contributed by atoms with E-state index in [0.29, 0.717) is 23.0 Å². The Morgan fingerprint density at radius 2 is 1.69 bits per heavy atom. The van der Waals surface area contributed by atoms with Crippen LogP contribution in [0.3, 0.4) is 0 Å². The van der Waals surface area contributed by atoms with Crippen LogP contribution in [0, 0.1) is 0 Å². The second-order valence-corrected chi connectivity index (χ2v) is 7.21. The Balaban J connectivity index is 1.40. The van der Waals surface area contributed by atoms with Gasteiger partial charge in [0.05, 0.1) is 15.7 Å². The molecule has 1 heterocycles. The molecule has 6 heteroatoms. The van der Waals surface area contributed by atoms with Crippen LogP contribution in [0.1, 0.15) is 12.0 Å². The number of anilines is 1. The maximum atomic E-state index is 12.4. The Morgan fingerprint density at radius 3 is 2.42 bits per heavy atom. The van der Waals surface area contributed by atoms with Gasteiger partial charge in [-0.05, 0) is 17.7 Å². The molecular weight excluding hydrogens is 369 g/mol. The van der Waals surface area contributed by atoms with Crippen molar-refractivity contribution in [3.8, 4) is 0 Å². The maximum Gasteiger partial charge on any atom is 0.224 e. The number of benzene rings is 2. The lowest BCUT2D eigenvalue weighted by atomic mass is 10.2. The van der Waals surface area contributed by atoms with Crippen LogP contribution in [0.2, 0.25) is 10.0 Å². The summed E-state index contributed by atoms with van der Waals surface area (Å²) in [5, 5.41) is 4.20. The minimum Gasteiger partial charge on any atom is -0.383 e. The molecule has 0 aliphatic carbocycles. The first-order chi connectivity index (χ1) is 12.6. The van der Waals surface area contributed by atoms with E-state index in [-0.39, 0.29) is 5.91 Å². The number of halogens is 2. The van der Waals surface area contributed by atoms with E-state index in [2.05, 4.69) is 34.5 Å². The summed E-state index contributed by atoms with van der Waals surface area (Å²) in [7, 11) is 0. The lowest BCUT2D eigenvalue weighted by Crippen LogP contribution is -2.48. The highest BCUT2D eigenvalue weighted by atomic mass is 35.5. The van der Waals surface area contributed by atoms with Crippen LogP contribution in [0.4, 0.5) is 5.69 Å². The fourth-order valence-electron chi connectivity index (χ4n) is 3.10. The van der Waals surface area contributed by atoms with Gasteiger partial charge in [0.15, 0.2) is 0 Å². The van der Waals surface area contributed by atoms with E-state index < -0.39 is 0 Å². The van der Waals surface area contributed by atoms with E-state index in [4.69, 9.17) is 23.2 Å². The van der Waals surface area contributed by atoms with Crippen molar-refractivity contribution in [2.24, 2.45) is 0 Å². The van der Waals surface area contributed by atoms with Crippen LogP contribution in [0.15, 0.2) is 48.5 Å². The second kappa shape index (κ2) is 9.26. The molecule has 1 fully saturated rings. The Morgan fingerprint density at radius 1 is 0.962 bits per heavy atom. The fraction of sp³-hybridized carbons (Fsp3) is 0.350. The zero-order chi connectivity index (χ0) is 18.4. The van der Waals surface area contributed by atoms with E-state index in [0.717, 1.165) is 38.4 Å². The monoisotopic (exact) mass is 391 g/mol. The van der Waals surface area contributed by atoms with E-state index in [1.165, 1.54) is 5.56 Å². The van der Waals surface area contributed by atoms with Gasteiger partial charge in [-0.3, -0.25) is 9.69 Å². The number of nitrogens with one attached hydrogen (secondary N) is 1. The number of hydrogen-bond acceptors (Lipinski definition) is 3. The molecule has 1 amide bonds. The summed E-state index contributed by atoms with van der Waals surface area (Å²) in [5.41, 5.74) is 2.08. The van der Waals surface area contributed by atoms with Crippen molar-refractivity contribution in [1.29, 1.82) is 0 Å². The molecule has 0 spiro atoms. The van der Waals surface area contributed by atoms with Crippen molar-refractivity contribution in [1.82, 2.24) is 9.80 Å². The third-order valence-electron chi connectivity index (χ3n) is 4.58. The van der Waals surface area contributed by atoms with Gasteiger partial charge in [0.1, 0.15) is 0 Å². The normalized spacial score (nSPS) is 15.1. The summed E-state index contributed by atoms with van der Waals surface area (Å²) in [6.45, 7) is 4.87. The van der Waals surface area contributed by atoms with Gasteiger partial charge < -0.3 is 10.2 Å². The van der Waals surface area contributed by atoms with Crippen LogP contribution >= 0.6 is 23.2 Å². The van der Waals surface area contributed by atoms with Crippen LogP contribution in [-0.4, -0.2) is 48.4 Å². The largest absolute Gasteiger partial charge is 0.383 e. The van der Waals surface area contributed by atoms with Crippen molar-refractivity contribution >= 4 is 34.8 Å². The smallest absolute Gasteiger partial charge is 0.224 e. The molecule has 1 aliphatic rings. The van der Waals surface area contributed by atoms with Crippen LogP contribution in [0.25, 0.3) is 0 Å². The predicted octanol–water partition coefficient (Wildman–Crippen LogP) is 4.14. The third kappa shape index (κ3) is 5.13. The summed E-state index contributed by atoms with van der Waals surface area (Å²) in [6.07, 6.45) is 0.446. The van der Waals surface area contributed by atoms with Gasteiger partial charge in [0.25, 0.3) is 0 Å². The number of hydrogen-bond donors (Lipinski definition) is 1. The minimum atomic E-state index is 0.176. The zero-order valence-corrected chi connectivity index (χ0v) is 16.1. The second-order valence-electron chi connectivity index (χ2n) is 6.42. The summed E-state index contributed by atoms with van der Waals surface area (Å²) >= 11 is 12.1. The average Bonchev–Trinajstić information content (AvgIpc) is 2.66. The number of carbonyl (C=O) groups is 1. The SMILES string of the molecule is O=C(CCNc1cccc(Cl)c1Cl)N1CCN(Cc2ccccc2)CC1. The zero-order valence-electron chi connectivity index (χ0n) is 14.6. The van der Waals surface area contributed by atoms with Crippen LogP contribution in [-0.2, 0) is 11.3 Å². The molecule has 4 nitrogen and oxygen atoms in total. The number of amides is 1. The average molecular weight is 392 g/mol. The maximum absolute atomic E-state index is 12.4. The first-order valence-electron chi connectivity index (χ1n) is 8.85. The highest BCUT2D eigenvalue weighted by Crippen LogP contribution is 2.29. The van der Waals surface area contributed by atoms with Crippen molar-refractivity contribution in [3.63, 3.8) is 0 Å². The molecule has 1 aliphatic heterocycles. The molecule has 0 atom stereocenters. The van der Waals surface area contributed by atoms with Gasteiger partial charge in [-0.1, -0.05) is 59.6 Å². The van der Waals surface area contributed by atoms with Gasteiger partial charge in [0.2, 0.25) is 5.91 Å². The molecule has 0 bridgehead atoms. The molecule has 26 heavy (non-hydrogen) atoms. The first-order valence-corrected chi connectivity index (χ1v) is 9.61. The van der Waals surface area contributed by atoms with E-state index in [9.17, 15) is 4.79 Å². The number of carbonyl (C=O) groups excluding carboxylic acids is 1. The predicted molar refractivity (Wildman–Crippen MR) is 108 cm³/mol. The van der Waals surface area contributed by atoms with Crippen molar-refractivity contribution in [2.75, 3.05) is 38.0 Å². The van der Waals surface area contributed by atoms with Gasteiger partial charge in [-0.15, -0.1) is 0 Å². The Labute approximate surface area is 164 Å². The quantitative estimate of drug-likeness (QED) is 0.803. The van der Waals surface area contributed by atoms with E-state index in [1.54, 1.807) is 6.07 Å². The van der Waals surface area contributed by atoms with E-state index >= 15 is 0 Å². The molecule has 1 N–H and O–H groups in total. The van der Waals surface area contributed by atoms with Crippen molar-refractivity contribution < 1.29 is 4.79 Å². The molecule has 0 unspecified atom stereocenters. The Bertz CT molecular complexity index is 731. The molecule has 1 saturated heterocycles. The molecule has 0 aromatic heterocycles. The lowest BCUT2D eigenvalue weighted by Gasteiger charge is -2.34. The molecule has 138 valence electrons. The van der Waals surface area contributed by atoms with Gasteiger partial charge in [-0.2, -0.15) is 0 Å². The van der Waals surface area contributed by atoms with Crippen LogP contribution in [0.5, 0.6) is 0 Å². The first kappa shape index (κ1) is 19.0. The molecule has 0 saturated carbocycles. The van der Waals surface area contributed by atoms with Crippen molar-refractivity contribution in [3.05, 3.63) is 64.1 Å². The summed E-state index contributed by atoms with van der Waals surface area (Å²) in [5.74, 6) is 0.176. The fourth-order valence-corrected chi connectivity index (χ4v) is 3.47. The molecule has 2 aromatic carbocycles. The van der Waals surface area contributed by atoms with Gasteiger partial charge in [0, 0.05) is 45.7 Å². The van der Waals surface area contributed by atoms with Gasteiger partial charge in [-0.25, -0.2) is 0 Å². The molecule has 3 rings (SSSR count). The highest BCUT2D eigenvalue weighted by Gasteiger charge is 2.20. The highest BCUT2D eigenvalue weighted by molar-refractivity contribution is 6.43. The Hall–Kier alpha value is -1.75. The number of piperazine rings is 1. The van der Waals surface area contributed by atoms with Gasteiger partial charge >= 0.3 is 0 Å². The third-order valence-corrected chi connectivity index (χ3v) is 5.40. The minimum absolute atomic E-state index is 0.176.